The van der Waals surface area contributed by atoms with E-state index in [0.29, 0.717) is 17.1 Å². The predicted octanol–water partition coefficient (Wildman–Crippen LogP) is 4.22. The van der Waals surface area contributed by atoms with Crippen molar-refractivity contribution in [1.29, 1.82) is 0 Å². The first kappa shape index (κ1) is 19.5. The van der Waals surface area contributed by atoms with Gasteiger partial charge in [0, 0.05) is 5.56 Å². The number of benzene rings is 2. The Bertz CT molecular complexity index is 1130. The summed E-state index contributed by atoms with van der Waals surface area (Å²) in [7, 11) is 1.52. The molecule has 2 aromatic carbocycles. The van der Waals surface area contributed by atoms with Gasteiger partial charge in [-0.1, -0.05) is 36.4 Å². The van der Waals surface area contributed by atoms with E-state index in [1.165, 1.54) is 18.3 Å². The highest BCUT2D eigenvalue weighted by atomic mass is 16.5. The highest BCUT2D eigenvalue weighted by Gasteiger charge is 2.46. The van der Waals surface area contributed by atoms with Gasteiger partial charge in [-0.25, -0.2) is 0 Å². The fraction of sp³-hybridized carbons (Fsp3) is 0.167. The van der Waals surface area contributed by atoms with Crippen LogP contribution in [0.1, 0.15) is 28.5 Å². The van der Waals surface area contributed by atoms with E-state index in [1.54, 1.807) is 36.4 Å². The fourth-order valence-electron chi connectivity index (χ4n) is 3.76. The quantitative estimate of drug-likeness (QED) is 0.392. The number of carbonyl (C=O) groups is 2. The van der Waals surface area contributed by atoms with Gasteiger partial charge in [-0.15, -0.1) is 0 Å². The van der Waals surface area contributed by atoms with Gasteiger partial charge in [0.2, 0.25) is 0 Å². The van der Waals surface area contributed by atoms with Crippen LogP contribution < -0.4 is 4.74 Å². The van der Waals surface area contributed by atoms with Gasteiger partial charge in [0.05, 0.1) is 31.5 Å². The minimum Gasteiger partial charge on any atom is -0.507 e. The van der Waals surface area contributed by atoms with Crippen molar-refractivity contribution in [2.24, 2.45) is 0 Å². The van der Waals surface area contributed by atoms with Crippen molar-refractivity contribution in [3.05, 3.63) is 95.0 Å². The van der Waals surface area contributed by atoms with Crippen LogP contribution in [0.25, 0.3) is 5.76 Å². The summed E-state index contributed by atoms with van der Waals surface area (Å²) in [5.74, 6) is -0.546. The summed E-state index contributed by atoms with van der Waals surface area (Å²) in [6.07, 6.45) is 1.52. The average molecular weight is 403 g/mol. The molecule has 1 aliphatic rings. The molecule has 4 rings (SSSR count). The number of furan rings is 1. The fourth-order valence-corrected chi connectivity index (χ4v) is 3.76. The second-order valence-electron chi connectivity index (χ2n) is 7.09. The first-order chi connectivity index (χ1) is 14.5. The number of aliphatic hydroxyl groups is 1. The molecule has 1 amide bonds. The Morgan fingerprint density at radius 3 is 2.60 bits per heavy atom. The second-order valence-corrected chi connectivity index (χ2v) is 7.09. The monoisotopic (exact) mass is 403 g/mol. The molecule has 1 saturated heterocycles. The topological polar surface area (TPSA) is 80.0 Å². The number of aliphatic hydroxyl groups excluding tert-OH is 1. The van der Waals surface area contributed by atoms with Gasteiger partial charge in [0.25, 0.3) is 11.7 Å². The minimum absolute atomic E-state index is 0.0501. The van der Waals surface area contributed by atoms with Crippen LogP contribution >= 0.6 is 0 Å². The molecule has 0 spiro atoms. The molecule has 0 radical (unpaired) electrons. The average Bonchev–Trinajstić information content (AvgIpc) is 3.36. The van der Waals surface area contributed by atoms with Crippen LogP contribution in [0.2, 0.25) is 0 Å². The Balaban J connectivity index is 1.89. The van der Waals surface area contributed by atoms with E-state index in [4.69, 9.17) is 9.15 Å². The number of ketones is 1. The van der Waals surface area contributed by atoms with E-state index in [9.17, 15) is 14.7 Å². The molecule has 152 valence electrons. The molecule has 1 aromatic heterocycles. The number of methoxy groups -OCH3 is 1. The van der Waals surface area contributed by atoms with E-state index in [0.717, 1.165) is 11.1 Å². The highest BCUT2D eigenvalue weighted by Crippen LogP contribution is 2.41. The van der Waals surface area contributed by atoms with E-state index in [1.807, 2.05) is 31.2 Å². The van der Waals surface area contributed by atoms with Crippen LogP contribution in [0.5, 0.6) is 5.75 Å². The molecular formula is C24H21NO5. The second kappa shape index (κ2) is 7.91. The van der Waals surface area contributed by atoms with Crippen LogP contribution in [-0.4, -0.2) is 28.8 Å². The first-order valence-corrected chi connectivity index (χ1v) is 9.52. The summed E-state index contributed by atoms with van der Waals surface area (Å²) < 4.78 is 10.6. The van der Waals surface area contributed by atoms with Crippen LogP contribution in [0.3, 0.4) is 0 Å². The number of rotatable bonds is 5. The lowest BCUT2D eigenvalue weighted by Gasteiger charge is -2.25. The van der Waals surface area contributed by atoms with Crippen molar-refractivity contribution in [3.63, 3.8) is 0 Å². The Labute approximate surface area is 174 Å². The van der Waals surface area contributed by atoms with Crippen molar-refractivity contribution in [2.75, 3.05) is 7.11 Å². The number of Topliss-reactive ketones (excluding diaryl/α,β-unsaturated/α-hetero) is 1. The molecule has 0 bridgehead atoms. The van der Waals surface area contributed by atoms with Gasteiger partial charge in [-0.05, 0) is 42.3 Å². The first-order valence-electron chi connectivity index (χ1n) is 9.52. The van der Waals surface area contributed by atoms with Crippen molar-refractivity contribution in [3.8, 4) is 5.75 Å². The summed E-state index contributed by atoms with van der Waals surface area (Å²) in [5.41, 5.74) is 2.14. The smallest absolute Gasteiger partial charge is 0.296 e. The Hall–Kier alpha value is -3.80. The van der Waals surface area contributed by atoms with Crippen LogP contribution in [0, 0.1) is 6.92 Å². The normalized spacial score (nSPS) is 18.1. The Morgan fingerprint density at radius 2 is 1.90 bits per heavy atom. The number of nitrogens with zero attached hydrogens (tertiary/aromatic N) is 1. The largest absolute Gasteiger partial charge is 0.507 e. The minimum atomic E-state index is -0.734. The van der Waals surface area contributed by atoms with Gasteiger partial charge >= 0.3 is 0 Å². The number of carbonyl (C=O) groups excluding carboxylic acids is 2. The zero-order valence-corrected chi connectivity index (χ0v) is 16.7. The summed E-state index contributed by atoms with van der Waals surface area (Å²) in [5, 5.41) is 11.1. The standard InChI is InChI=1S/C24H21NO5/c1-15-7-3-4-11-19(15)21-20(22(26)16-8-5-9-17(13-16)29-2)23(27)24(28)25(21)14-18-10-6-12-30-18/h3-13,21,26H,14H2,1-2H3/b22-20+. The predicted molar refractivity (Wildman–Crippen MR) is 111 cm³/mol. The van der Waals surface area contributed by atoms with Gasteiger partial charge in [0.1, 0.15) is 17.3 Å². The summed E-state index contributed by atoms with van der Waals surface area (Å²) >= 11 is 0. The van der Waals surface area contributed by atoms with Gasteiger partial charge in [-0.3, -0.25) is 9.59 Å². The van der Waals surface area contributed by atoms with E-state index >= 15 is 0 Å². The molecule has 2 heterocycles. The molecule has 0 saturated carbocycles. The molecule has 3 aromatic rings. The molecular weight excluding hydrogens is 382 g/mol. The lowest BCUT2D eigenvalue weighted by Crippen LogP contribution is -2.29. The molecule has 6 heteroatoms. The van der Waals surface area contributed by atoms with Crippen molar-refractivity contribution >= 4 is 17.4 Å². The lowest BCUT2D eigenvalue weighted by atomic mass is 9.92. The zero-order valence-electron chi connectivity index (χ0n) is 16.7. The SMILES string of the molecule is COc1cccc(/C(O)=C2\C(=O)C(=O)N(Cc3ccco3)C2c2ccccc2C)c1. The van der Waals surface area contributed by atoms with Crippen LogP contribution in [0.15, 0.2) is 76.9 Å². The maximum absolute atomic E-state index is 13.0. The molecule has 30 heavy (non-hydrogen) atoms. The summed E-state index contributed by atoms with van der Waals surface area (Å²) in [6, 6.07) is 17.0. The zero-order chi connectivity index (χ0) is 21.3. The molecule has 6 nitrogen and oxygen atoms in total. The van der Waals surface area contributed by atoms with Gasteiger partial charge in [-0.2, -0.15) is 0 Å². The third kappa shape index (κ3) is 3.37. The third-order valence-corrected chi connectivity index (χ3v) is 5.27. The number of amides is 1. The number of ether oxygens (including phenoxy) is 1. The van der Waals surface area contributed by atoms with E-state index in [2.05, 4.69) is 0 Å². The number of hydrogen-bond donors (Lipinski definition) is 1. The highest BCUT2D eigenvalue weighted by molar-refractivity contribution is 6.46. The molecule has 0 aliphatic carbocycles. The number of hydrogen-bond acceptors (Lipinski definition) is 5. The van der Waals surface area contributed by atoms with Crippen molar-refractivity contribution < 1.29 is 23.8 Å². The Kier molecular flexibility index (Phi) is 5.14. The molecule has 1 fully saturated rings. The maximum Gasteiger partial charge on any atom is 0.296 e. The van der Waals surface area contributed by atoms with Crippen molar-refractivity contribution in [1.82, 2.24) is 4.90 Å². The maximum atomic E-state index is 13.0. The van der Waals surface area contributed by atoms with Crippen LogP contribution in [0.4, 0.5) is 0 Å². The van der Waals surface area contributed by atoms with E-state index < -0.39 is 17.7 Å². The third-order valence-electron chi connectivity index (χ3n) is 5.27. The summed E-state index contributed by atoms with van der Waals surface area (Å²) in [4.78, 5) is 27.4. The van der Waals surface area contributed by atoms with Gasteiger partial charge < -0.3 is 19.2 Å². The number of aryl methyl sites for hydroxylation is 1. The van der Waals surface area contributed by atoms with E-state index in [-0.39, 0.29) is 17.9 Å². The summed E-state index contributed by atoms with van der Waals surface area (Å²) in [6.45, 7) is 2.03. The Morgan fingerprint density at radius 1 is 1.10 bits per heavy atom. The van der Waals surface area contributed by atoms with Gasteiger partial charge in [0.15, 0.2) is 0 Å². The molecule has 1 atom stereocenters. The lowest BCUT2D eigenvalue weighted by molar-refractivity contribution is -0.140. The van der Waals surface area contributed by atoms with Crippen LogP contribution in [-0.2, 0) is 16.1 Å². The molecule has 1 aliphatic heterocycles. The van der Waals surface area contributed by atoms with Crippen molar-refractivity contribution in [2.45, 2.75) is 19.5 Å². The molecule has 1 N–H and O–H groups in total. The number of likely N-dealkylation sites (tertiary alicyclic amines) is 1. The molecule has 1 unspecified atom stereocenters.